The van der Waals surface area contributed by atoms with Gasteiger partial charge in [0.2, 0.25) is 5.95 Å². The minimum atomic E-state index is -0.615. The van der Waals surface area contributed by atoms with E-state index in [0.29, 0.717) is 23.8 Å². The Bertz CT molecular complexity index is 1230. The molecular weight excluding hydrogens is 464 g/mol. The van der Waals surface area contributed by atoms with Gasteiger partial charge in [0.15, 0.2) is 11.9 Å². The van der Waals surface area contributed by atoms with Crippen LogP contribution in [0.3, 0.4) is 0 Å². The van der Waals surface area contributed by atoms with Gasteiger partial charge >= 0.3 is 6.09 Å². The number of carbonyl (C=O) groups is 2. The first-order valence-electron chi connectivity index (χ1n) is 11.6. The van der Waals surface area contributed by atoms with Crippen LogP contribution in [-0.2, 0) is 14.2 Å². The maximum atomic E-state index is 12.4. The third kappa shape index (κ3) is 5.14. The van der Waals surface area contributed by atoms with Crippen LogP contribution < -0.4 is 15.4 Å². The molecule has 2 aliphatic heterocycles. The fraction of sp³-hybridized carbons (Fsp3) is 0.308. The highest BCUT2D eigenvalue weighted by Crippen LogP contribution is 2.31. The number of rotatable bonds is 7. The average molecular weight is 491 g/mol. The van der Waals surface area contributed by atoms with Gasteiger partial charge in [0, 0.05) is 23.0 Å². The van der Waals surface area contributed by atoms with E-state index in [9.17, 15) is 9.59 Å². The van der Waals surface area contributed by atoms with Crippen LogP contribution in [0.5, 0.6) is 5.75 Å². The number of benzene rings is 2. The van der Waals surface area contributed by atoms with Crippen molar-refractivity contribution in [2.24, 2.45) is 0 Å². The lowest BCUT2D eigenvalue weighted by Crippen LogP contribution is -2.38. The van der Waals surface area contributed by atoms with Gasteiger partial charge < -0.3 is 24.3 Å². The number of anilines is 2. The van der Waals surface area contributed by atoms with E-state index in [-0.39, 0.29) is 24.5 Å². The minimum Gasteiger partial charge on any atom is -0.497 e. The molecule has 0 bridgehead atoms. The van der Waals surface area contributed by atoms with Gasteiger partial charge in [-0.2, -0.15) is 0 Å². The average Bonchev–Trinajstić information content (AvgIpc) is 3.48. The zero-order chi connectivity index (χ0) is 25.1. The SMILES string of the molecule is COc1ccc(-c2ccnc(NC3COC4C(OC(=O)Nc5ccc(C(C)=O)cc5)COC34)n2)cc1. The zero-order valence-corrected chi connectivity index (χ0v) is 19.8. The van der Waals surface area contributed by atoms with Crippen LogP contribution in [0.1, 0.15) is 17.3 Å². The topological polar surface area (TPSA) is 121 Å². The van der Waals surface area contributed by atoms with E-state index in [1.54, 1.807) is 37.6 Å². The number of carbonyl (C=O) groups excluding carboxylic acids is 2. The Kier molecular flexibility index (Phi) is 6.79. The summed E-state index contributed by atoms with van der Waals surface area (Å²) in [5, 5.41) is 5.96. The van der Waals surface area contributed by atoms with Crippen molar-refractivity contribution in [2.75, 3.05) is 31.0 Å². The maximum Gasteiger partial charge on any atom is 0.412 e. The van der Waals surface area contributed by atoms with E-state index in [1.807, 2.05) is 30.3 Å². The van der Waals surface area contributed by atoms with Gasteiger partial charge in [0.1, 0.15) is 18.0 Å². The Balaban J connectivity index is 1.17. The van der Waals surface area contributed by atoms with Crippen LogP contribution in [0.2, 0.25) is 0 Å². The highest BCUT2D eigenvalue weighted by Gasteiger charge is 2.49. The zero-order valence-electron chi connectivity index (χ0n) is 19.8. The standard InChI is InChI=1S/C26H26N4O6/c1-15(31)16-3-7-18(8-4-16)28-26(32)36-22-14-35-23-21(13-34-24(22)23)30-25-27-12-11-20(29-25)17-5-9-19(33-2)10-6-17/h3-12,21-24H,13-14H2,1-2H3,(H,28,32)(H,27,29,30). The number of aromatic nitrogens is 2. The smallest absolute Gasteiger partial charge is 0.412 e. The molecule has 1 amide bonds. The highest BCUT2D eigenvalue weighted by atomic mass is 16.6. The second kappa shape index (κ2) is 10.3. The summed E-state index contributed by atoms with van der Waals surface area (Å²) in [4.78, 5) is 32.8. The Labute approximate surface area is 207 Å². The van der Waals surface area contributed by atoms with Gasteiger partial charge in [-0.1, -0.05) is 0 Å². The minimum absolute atomic E-state index is 0.0438. The third-order valence-corrected chi connectivity index (χ3v) is 6.16. The van der Waals surface area contributed by atoms with Crippen LogP contribution >= 0.6 is 0 Å². The monoisotopic (exact) mass is 490 g/mol. The molecule has 4 atom stereocenters. The second-order valence-electron chi connectivity index (χ2n) is 8.54. The molecule has 3 aromatic rings. The first-order chi connectivity index (χ1) is 17.5. The first kappa shape index (κ1) is 23.7. The maximum absolute atomic E-state index is 12.4. The number of hydrogen-bond acceptors (Lipinski definition) is 9. The summed E-state index contributed by atoms with van der Waals surface area (Å²) in [6.45, 7) is 2.07. The Hall–Kier alpha value is -4.02. The summed E-state index contributed by atoms with van der Waals surface area (Å²) >= 11 is 0. The molecule has 0 radical (unpaired) electrons. The molecule has 2 aromatic carbocycles. The quantitative estimate of drug-likeness (QED) is 0.479. The number of fused-ring (bicyclic) bond motifs is 1. The summed E-state index contributed by atoms with van der Waals surface area (Å²) in [6.07, 6.45) is -0.194. The molecule has 186 valence electrons. The fourth-order valence-corrected chi connectivity index (χ4v) is 4.28. The highest BCUT2D eigenvalue weighted by molar-refractivity contribution is 5.95. The number of ether oxygens (including phenoxy) is 4. The summed E-state index contributed by atoms with van der Waals surface area (Å²) in [5.74, 6) is 1.19. The van der Waals surface area contributed by atoms with E-state index in [1.165, 1.54) is 6.92 Å². The molecule has 2 saturated heterocycles. The number of amides is 1. The first-order valence-corrected chi connectivity index (χ1v) is 11.6. The van der Waals surface area contributed by atoms with E-state index in [0.717, 1.165) is 17.0 Å². The van der Waals surface area contributed by atoms with Crippen LogP contribution in [0.25, 0.3) is 11.3 Å². The van der Waals surface area contributed by atoms with Gasteiger partial charge in [-0.3, -0.25) is 10.1 Å². The number of methoxy groups -OCH3 is 1. The summed E-state index contributed by atoms with van der Waals surface area (Å²) in [5.41, 5.74) is 2.81. The molecule has 3 heterocycles. The fourth-order valence-electron chi connectivity index (χ4n) is 4.28. The van der Waals surface area contributed by atoms with Crippen molar-refractivity contribution in [1.82, 2.24) is 9.97 Å². The molecule has 5 rings (SSSR count). The second-order valence-corrected chi connectivity index (χ2v) is 8.54. The lowest BCUT2D eigenvalue weighted by Gasteiger charge is -2.18. The summed E-state index contributed by atoms with van der Waals surface area (Å²) in [7, 11) is 1.63. The molecule has 0 spiro atoms. The predicted octanol–water partition coefficient (Wildman–Crippen LogP) is 3.55. The molecule has 10 heteroatoms. The van der Waals surface area contributed by atoms with Gasteiger partial charge in [-0.15, -0.1) is 0 Å². The third-order valence-electron chi connectivity index (χ3n) is 6.16. The van der Waals surface area contributed by atoms with Gasteiger partial charge in [-0.25, -0.2) is 14.8 Å². The van der Waals surface area contributed by atoms with E-state index >= 15 is 0 Å². The largest absolute Gasteiger partial charge is 0.497 e. The van der Waals surface area contributed by atoms with Crippen molar-refractivity contribution in [3.8, 4) is 17.0 Å². The van der Waals surface area contributed by atoms with Crippen molar-refractivity contribution >= 4 is 23.5 Å². The summed E-state index contributed by atoms with van der Waals surface area (Å²) < 4.78 is 22.6. The van der Waals surface area contributed by atoms with E-state index < -0.39 is 18.3 Å². The van der Waals surface area contributed by atoms with Crippen LogP contribution in [0.4, 0.5) is 16.4 Å². The van der Waals surface area contributed by atoms with Crippen molar-refractivity contribution in [2.45, 2.75) is 31.3 Å². The molecule has 2 N–H and O–H groups in total. The lowest BCUT2D eigenvalue weighted by atomic mass is 10.1. The van der Waals surface area contributed by atoms with E-state index in [2.05, 4.69) is 20.6 Å². The Morgan fingerprint density at radius 1 is 0.972 bits per heavy atom. The molecule has 10 nitrogen and oxygen atoms in total. The number of Topliss-reactive ketones (excluding diaryl/α,β-unsaturated/α-hetero) is 1. The van der Waals surface area contributed by atoms with Gasteiger partial charge in [0.05, 0.1) is 32.1 Å². The van der Waals surface area contributed by atoms with Crippen LogP contribution in [-0.4, -0.2) is 66.5 Å². The lowest BCUT2D eigenvalue weighted by molar-refractivity contribution is 0.00917. The Morgan fingerprint density at radius 3 is 2.44 bits per heavy atom. The predicted molar refractivity (Wildman–Crippen MR) is 131 cm³/mol. The summed E-state index contributed by atoms with van der Waals surface area (Å²) in [6, 6.07) is 15.9. The number of nitrogens with one attached hydrogen (secondary N) is 2. The van der Waals surface area contributed by atoms with E-state index in [4.69, 9.17) is 18.9 Å². The number of nitrogens with zero attached hydrogens (tertiary/aromatic N) is 2. The normalized spacial score (nSPS) is 22.5. The Morgan fingerprint density at radius 2 is 1.72 bits per heavy atom. The molecule has 0 saturated carbocycles. The molecule has 36 heavy (non-hydrogen) atoms. The molecule has 1 aromatic heterocycles. The van der Waals surface area contributed by atoms with Crippen molar-refractivity contribution in [1.29, 1.82) is 0 Å². The molecular formula is C26H26N4O6. The van der Waals surface area contributed by atoms with Crippen molar-refractivity contribution in [3.63, 3.8) is 0 Å². The van der Waals surface area contributed by atoms with Gasteiger partial charge in [0.25, 0.3) is 0 Å². The van der Waals surface area contributed by atoms with Crippen LogP contribution in [0, 0.1) is 0 Å². The van der Waals surface area contributed by atoms with Gasteiger partial charge in [-0.05, 0) is 61.5 Å². The number of ketones is 1. The molecule has 0 aliphatic carbocycles. The molecule has 2 fully saturated rings. The molecule has 4 unspecified atom stereocenters. The molecule has 2 aliphatic rings. The van der Waals surface area contributed by atoms with Crippen molar-refractivity contribution in [3.05, 3.63) is 66.4 Å². The van der Waals surface area contributed by atoms with Crippen LogP contribution in [0.15, 0.2) is 60.8 Å². The van der Waals surface area contributed by atoms with Crippen molar-refractivity contribution < 1.29 is 28.5 Å². The number of hydrogen-bond donors (Lipinski definition) is 2.